The fourth-order valence-electron chi connectivity index (χ4n) is 3.68. The van der Waals surface area contributed by atoms with Crippen molar-refractivity contribution in [2.75, 3.05) is 13.1 Å². The molecule has 0 amide bonds. The van der Waals surface area contributed by atoms with Crippen molar-refractivity contribution in [2.45, 2.75) is 30.7 Å². The molecule has 1 aromatic rings. The summed E-state index contributed by atoms with van der Waals surface area (Å²) in [4.78, 5) is 10.5. The zero-order chi connectivity index (χ0) is 16.1. The molecule has 1 aliphatic heterocycles. The summed E-state index contributed by atoms with van der Waals surface area (Å²) in [7, 11) is -3.72. The van der Waals surface area contributed by atoms with Crippen molar-refractivity contribution in [3.8, 4) is 0 Å². The summed E-state index contributed by atoms with van der Waals surface area (Å²) >= 11 is 0. The Kier molecular flexibility index (Phi) is 5.00. The summed E-state index contributed by atoms with van der Waals surface area (Å²) in [5.41, 5.74) is 6.07. The number of nitro groups is 1. The molecule has 0 radical (unpaired) electrons. The number of nitro benzene ring substituents is 1. The zero-order valence-electron chi connectivity index (χ0n) is 12.7. The highest BCUT2D eigenvalue weighted by molar-refractivity contribution is 7.89. The summed E-state index contributed by atoms with van der Waals surface area (Å²) in [6.45, 7) is 2.35. The van der Waals surface area contributed by atoms with E-state index < -0.39 is 14.9 Å². The van der Waals surface area contributed by atoms with Crippen LogP contribution in [-0.4, -0.2) is 36.8 Å². The number of fused-ring (bicyclic) bond motifs is 1. The molecule has 9 heteroatoms. The van der Waals surface area contributed by atoms with Crippen LogP contribution >= 0.6 is 12.4 Å². The molecule has 23 heavy (non-hydrogen) atoms. The molecule has 128 valence electrons. The van der Waals surface area contributed by atoms with E-state index in [0.29, 0.717) is 19.0 Å². The van der Waals surface area contributed by atoms with Crippen LogP contribution in [0.1, 0.15) is 18.4 Å². The van der Waals surface area contributed by atoms with Gasteiger partial charge >= 0.3 is 0 Å². The van der Waals surface area contributed by atoms with Crippen LogP contribution in [0.5, 0.6) is 0 Å². The Labute approximate surface area is 141 Å². The van der Waals surface area contributed by atoms with Crippen molar-refractivity contribution in [3.05, 3.63) is 33.9 Å². The number of halogens is 1. The van der Waals surface area contributed by atoms with E-state index in [-0.39, 0.29) is 40.5 Å². The van der Waals surface area contributed by atoms with Crippen molar-refractivity contribution in [2.24, 2.45) is 17.6 Å². The van der Waals surface area contributed by atoms with Crippen molar-refractivity contribution < 1.29 is 13.3 Å². The highest BCUT2D eigenvalue weighted by Gasteiger charge is 2.45. The standard InChI is InChI=1S/C14H19N3O4S.ClH/c1-9-13(17(18)19)3-2-4-14(9)22(20,21)16-7-10-5-6-12(15)11(10)8-16;/h2-4,10-12H,5-8,15H2,1H3;1H. The first-order chi connectivity index (χ1) is 10.3. The lowest BCUT2D eigenvalue weighted by atomic mass is 9.98. The summed E-state index contributed by atoms with van der Waals surface area (Å²) < 4.78 is 27.1. The van der Waals surface area contributed by atoms with E-state index in [1.165, 1.54) is 29.4 Å². The maximum absolute atomic E-state index is 12.8. The Morgan fingerprint density at radius 3 is 2.61 bits per heavy atom. The molecule has 3 rings (SSSR count). The van der Waals surface area contributed by atoms with Crippen LogP contribution in [0.4, 0.5) is 5.69 Å². The average molecular weight is 362 g/mol. The van der Waals surface area contributed by atoms with Gasteiger partial charge in [-0.05, 0) is 37.7 Å². The lowest BCUT2D eigenvalue weighted by Crippen LogP contribution is -2.33. The largest absolute Gasteiger partial charge is 0.327 e. The topological polar surface area (TPSA) is 107 Å². The first-order valence-corrected chi connectivity index (χ1v) is 8.76. The molecular formula is C14H20ClN3O4S. The predicted octanol–water partition coefficient (Wildman–Crippen LogP) is 1.68. The summed E-state index contributed by atoms with van der Waals surface area (Å²) in [5.74, 6) is 0.512. The number of benzene rings is 1. The van der Waals surface area contributed by atoms with Gasteiger partial charge in [0.1, 0.15) is 0 Å². The van der Waals surface area contributed by atoms with Crippen LogP contribution < -0.4 is 5.73 Å². The fourth-order valence-corrected chi connectivity index (χ4v) is 5.46. The van der Waals surface area contributed by atoms with Gasteiger partial charge in [0.15, 0.2) is 0 Å². The molecule has 0 aromatic heterocycles. The third kappa shape index (κ3) is 2.96. The van der Waals surface area contributed by atoms with Crippen molar-refractivity contribution in [1.29, 1.82) is 0 Å². The Morgan fingerprint density at radius 2 is 2.00 bits per heavy atom. The minimum atomic E-state index is -3.72. The minimum Gasteiger partial charge on any atom is -0.327 e. The van der Waals surface area contributed by atoms with E-state index in [9.17, 15) is 18.5 Å². The van der Waals surface area contributed by atoms with Gasteiger partial charge in [-0.1, -0.05) is 6.07 Å². The first kappa shape index (κ1) is 18.1. The van der Waals surface area contributed by atoms with Gasteiger partial charge in [-0.3, -0.25) is 10.1 Å². The molecule has 1 aromatic carbocycles. The number of hydrogen-bond acceptors (Lipinski definition) is 5. The van der Waals surface area contributed by atoms with E-state index in [2.05, 4.69) is 0 Å². The molecule has 1 saturated heterocycles. The smallest absolute Gasteiger partial charge is 0.273 e. The third-order valence-corrected chi connectivity index (χ3v) is 6.92. The van der Waals surface area contributed by atoms with Crippen molar-refractivity contribution in [3.63, 3.8) is 0 Å². The molecule has 7 nitrogen and oxygen atoms in total. The summed E-state index contributed by atoms with van der Waals surface area (Å²) in [6.07, 6.45) is 1.89. The molecule has 0 bridgehead atoms. The number of rotatable bonds is 3. The van der Waals surface area contributed by atoms with E-state index in [4.69, 9.17) is 5.73 Å². The summed E-state index contributed by atoms with van der Waals surface area (Å²) in [5, 5.41) is 11.0. The van der Waals surface area contributed by atoms with Gasteiger partial charge in [0, 0.05) is 30.8 Å². The first-order valence-electron chi connectivity index (χ1n) is 7.32. The SMILES string of the molecule is Cc1c([N+](=O)[O-])cccc1S(=O)(=O)N1CC2CCC(N)C2C1.Cl. The summed E-state index contributed by atoms with van der Waals surface area (Å²) in [6, 6.07) is 4.23. The average Bonchev–Trinajstić information content (AvgIpc) is 3.01. The minimum absolute atomic E-state index is 0. The lowest BCUT2D eigenvalue weighted by Gasteiger charge is -2.19. The molecule has 1 aliphatic carbocycles. The number of hydrogen-bond donors (Lipinski definition) is 1. The third-order valence-electron chi connectivity index (χ3n) is 4.95. The van der Waals surface area contributed by atoms with E-state index in [1.54, 1.807) is 0 Å². The van der Waals surface area contributed by atoms with Gasteiger partial charge in [-0.2, -0.15) is 4.31 Å². The molecule has 1 heterocycles. The number of sulfonamides is 1. The molecule has 3 unspecified atom stereocenters. The van der Waals surface area contributed by atoms with Crippen LogP contribution in [0.3, 0.4) is 0 Å². The number of nitrogens with zero attached hydrogens (tertiary/aromatic N) is 2. The molecule has 2 aliphatic rings. The van der Waals surface area contributed by atoms with Crippen LogP contribution in [-0.2, 0) is 10.0 Å². The van der Waals surface area contributed by atoms with Crippen LogP contribution in [0.15, 0.2) is 23.1 Å². The van der Waals surface area contributed by atoms with Crippen molar-refractivity contribution >= 4 is 28.1 Å². The maximum atomic E-state index is 12.8. The van der Waals surface area contributed by atoms with E-state index in [1.807, 2.05) is 0 Å². The second kappa shape index (κ2) is 6.35. The Hall–Kier alpha value is -1.22. The Balaban J connectivity index is 0.00000192. The predicted molar refractivity (Wildman–Crippen MR) is 88.0 cm³/mol. The van der Waals surface area contributed by atoms with Gasteiger partial charge < -0.3 is 5.73 Å². The quantitative estimate of drug-likeness (QED) is 0.651. The number of nitrogens with two attached hydrogens (primary N) is 1. The zero-order valence-corrected chi connectivity index (χ0v) is 14.3. The van der Waals surface area contributed by atoms with Gasteiger partial charge in [-0.15, -0.1) is 12.4 Å². The molecule has 3 atom stereocenters. The van der Waals surface area contributed by atoms with Crippen LogP contribution in [0.2, 0.25) is 0 Å². The van der Waals surface area contributed by atoms with Gasteiger partial charge in [-0.25, -0.2) is 8.42 Å². The molecule has 0 spiro atoms. The van der Waals surface area contributed by atoms with Crippen LogP contribution in [0, 0.1) is 28.9 Å². The molecule has 2 N–H and O–H groups in total. The second-order valence-electron chi connectivity index (χ2n) is 6.14. The Morgan fingerprint density at radius 1 is 1.30 bits per heavy atom. The highest BCUT2D eigenvalue weighted by atomic mass is 35.5. The maximum Gasteiger partial charge on any atom is 0.273 e. The lowest BCUT2D eigenvalue weighted by molar-refractivity contribution is -0.385. The van der Waals surface area contributed by atoms with Crippen molar-refractivity contribution in [1.82, 2.24) is 4.31 Å². The normalized spacial score (nSPS) is 27.5. The molecular weight excluding hydrogens is 342 g/mol. The van der Waals surface area contributed by atoms with Gasteiger partial charge in [0.05, 0.1) is 9.82 Å². The van der Waals surface area contributed by atoms with Gasteiger partial charge in [0.2, 0.25) is 10.0 Å². The monoisotopic (exact) mass is 361 g/mol. The second-order valence-corrected chi connectivity index (χ2v) is 8.05. The van der Waals surface area contributed by atoms with Gasteiger partial charge in [0.25, 0.3) is 5.69 Å². The fraction of sp³-hybridized carbons (Fsp3) is 0.571. The molecule has 1 saturated carbocycles. The van der Waals surface area contributed by atoms with Crippen LogP contribution in [0.25, 0.3) is 0 Å². The molecule has 2 fully saturated rings. The van der Waals surface area contributed by atoms with E-state index in [0.717, 1.165) is 12.8 Å². The van der Waals surface area contributed by atoms with E-state index >= 15 is 0 Å². The highest BCUT2D eigenvalue weighted by Crippen LogP contribution is 2.40. The Bertz CT molecular complexity index is 725.